The van der Waals surface area contributed by atoms with Crippen LogP contribution in [0.3, 0.4) is 0 Å². The van der Waals surface area contributed by atoms with E-state index in [1.54, 1.807) is 0 Å². The molecule has 0 atom stereocenters. The molecule has 4 heteroatoms. The van der Waals surface area contributed by atoms with Gasteiger partial charge < -0.3 is 9.80 Å². The number of rotatable bonds is 4. The summed E-state index contributed by atoms with van der Waals surface area (Å²) < 4.78 is 1.07. The molecule has 0 radical (unpaired) electrons. The minimum atomic E-state index is 0.983. The molecule has 1 rings (SSSR count). The van der Waals surface area contributed by atoms with Crippen LogP contribution in [0.25, 0.3) is 0 Å². The summed E-state index contributed by atoms with van der Waals surface area (Å²) in [7, 11) is 6.20. The van der Waals surface area contributed by atoms with Crippen LogP contribution in [0, 0.1) is 0 Å². The highest BCUT2D eigenvalue weighted by Crippen LogP contribution is 2.15. The third-order valence-corrected chi connectivity index (χ3v) is 2.47. The molecule has 14 heavy (non-hydrogen) atoms. The average molecular weight is 258 g/mol. The van der Waals surface area contributed by atoms with Crippen LogP contribution in [0.1, 0.15) is 0 Å². The molecule has 0 saturated carbocycles. The van der Waals surface area contributed by atoms with Gasteiger partial charge in [-0.2, -0.15) is 0 Å². The molecule has 0 spiro atoms. The zero-order valence-electron chi connectivity index (χ0n) is 8.87. The fraction of sp³-hybridized carbons (Fsp3) is 0.500. The molecule has 1 aromatic heterocycles. The summed E-state index contributed by atoms with van der Waals surface area (Å²) in [5.41, 5.74) is 0. The predicted octanol–water partition coefficient (Wildman–Crippen LogP) is 1.84. The van der Waals surface area contributed by atoms with Gasteiger partial charge >= 0.3 is 0 Å². The van der Waals surface area contributed by atoms with E-state index in [0.29, 0.717) is 0 Å². The molecule has 0 aliphatic carbocycles. The van der Waals surface area contributed by atoms with E-state index in [1.165, 1.54) is 0 Å². The summed E-state index contributed by atoms with van der Waals surface area (Å²) in [5.74, 6) is 1.00. The molecule has 78 valence electrons. The molecule has 0 aliphatic heterocycles. The molecule has 3 nitrogen and oxygen atoms in total. The molecule has 0 amide bonds. The average Bonchev–Trinajstić information content (AvgIpc) is 2.14. The van der Waals surface area contributed by atoms with Gasteiger partial charge in [0.15, 0.2) is 0 Å². The van der Waals surface area contributed by atoms with Crippen molar-refractivity contribution in [2.75, 3.05) is 39.1 Å². The summed E-state index contributed by atoms with van der Waals surface area (Å²) in [5, 5.41) is 0. The van der Waals surface area contributed by atoms with Crippen LogP contribution < -0.4 is 4.90 Å². The number of hydrogen-bond acceptors (Lipinski definition) is 3. The Hall–Kier alpha value is -0.610. The number of pyridine rings is 1. The number of nitrogens with zero attached hydrogens (tertiary/aromatic N) is 3. The highest BCUT2D eigenvalue weighted by molar-refractivity contribution is 9.10. The molecule has 1 aromatic rings. The third kappa shape index (κ3) is 3.64. The SMILES string of the molecule is CN(C)CCN(C)c1cc(Br)ccn1. The molecular weight excluding hydrogens is 242 g/mol. The maximum Gasteiger partial charge on any atom is 0.129 e. The van der Waals surface area contributed by atoms with Crippen LogP contribution in [-0.2, 0) is 0 Å². The van der Waals surface area contributed by atoms with E-state index < -0.39 is 0 Å². The van der Waals surface area contributed by atoms with Crippen molar-refractivity contribution >= 4 is 21.7 Å². The second-order valence-electron chi connectivity index (χ2n) is 3.56. The Morgan fingerprint density at radius 3 is 2.57 bits per heavy atom. The fourth-order valence-electron chi connectivity index (χ4n) is 1.07. The topological polar surface area (TPSA) is 19.4 Å². The summed E-state index contributed by atoms with van der Waals surface area (Å²) >= 11 is 3.43. The van der Waals surface area contributed by atoms with E-state index in [-0.39, 0.29) is 0 Å². The Morgan fingerprint density at radius 1 is 1.29 bits per heavy atom. The number of likely N-dealkylation sites (N-methyl/N-ethyl adjacent to an activating group) is 2. The Bertz CT molecular complexity index is 288. The molecular formula is C10H16BrN3. The minimum absolute atomic E-state index is 0.983. The summed E-state index contributed by atoms with van der Waals surface area (Å²) in [4.78, 5) is 8.60. The summed E-state index contributed by atoms with van der Waals surface area (Å²) in [6.07, 6.45) is 1.81. The van der Waals surface area contributed by atoms with Gasteiger partial charge in [-0.3, -0.25) is 0 Å². The lowest BCUT2D eigenvalue weighted by molar-refractivity contribution is 0.416. The number of hydrogen-bond donors (Lipinski definition) is 0. The van der Waals surface area contributed by atoms with Gasteiger partial charge in [0, 0.05) is 30.8 Å². The van der Waals surface area contributed by atoms with Crippen molar-refractivity contribution < 1.29 is 0 Å². The second kappa shape index (κ2) is 5.32. The maximum atomic E-state index is 4.29. The van der Waals surface area contributed by atoms with E-state index in [4.69, 9.17) is 0 Å². The van der Waals surface area contributed by atoms with E-state index in [0.717, 1.165) is 23.4 Å². The van der Waals surface area contributed by atoms with Gasteiger partial charge in [-0.05, 0) is 26.2 Å². The first-order valence-corrected chi connectivity index (χ1v) is 5.36. The van der Waals surface area contributed by atoms with Gasteiger partial charge in [0.05, 0.1) is 0 Å². The summed E-state index contributed by atoms with van der Waals surface area (Å²) in [6, 6.07) is 3.96. The Labute approximate surface area is 93.9 Å². The van der Waals surface area contributed by atoms with Crippen LogP contribution in [0.15, 0.2) is 22.8 Å². The van der Waals surface area contributed by atoms with Gasteiger partial charge in [-0.25, -0.2) is 4.98 Å². The second-order valence-corrected chi connectivity index (χ2v) is 4.47. The van der Waals surface area contributed by atoms with Crippen molar-refractivity contribution in [1.29, 1.82) is 0 Å². The quantitative estimate of drug-likeness (QED) is 0.821. The van der Waals surface area contributed by atoms with Crippen molar-refractivity contribution in [2.45, 2.75) is 0 Å². The normalized spacial score (nSPS) is 10.6. The van der Waals surface area contributed by atoms with Crippen LogP contribution in [0.4, 0.5) is 5.82 Å². The van der Waals surface area contributed by atoms with E-state index in [2.05, 4.69) is 51.9 Å². The highest BCUT2D eigenvalue weighted by atomic mass is 79.9. The van der Waals surface area contributed by atoms with E-state index in [1.807, 2.05) is 18.3 Å². The van der Waals surface area contributed by atoms with E-state index in [9.17, 15) is 0 Å². The molecule has 0 N–H and O–H groups in total. The zero-order valence-corrected chi connectivity index (χ0v) is 10.5. The van der Waals surface area contributed by atoms with Crippen molar-refractivity contribution in [3.05, 3.63) is 22.8 Å². The Balaban J connectivity index is 2.56. The van der Waals surface area contributed by atoms with Crippen molar-refractivity contribution in [1.82, 2.24) is 9.88 Å². The zero-order chi connectivity index (χ0) is 10.6. The largest absolute Gasteiger partial charge is 0.358 e. The van der Waals surface area contributed by atoms with Gasteiger partial charge in [-0.1, -0.05) is 15.9 Å². The number of halogens is 1. The maximum absolute atomic E-state index is 4.29. The smallest absolute Gasteiger partial charge is 0.129 e. The first kappa shape index (κ1) is 11.5. The van der Waals surface area contributed by atoms with Crippen LogP contribution >= 0.6 is 15.9 Å². The molecule has 0 saturated heterocycles. The van der Waals surface area contributed by atoms with Crippen LogP contribution in [0.2, 0.25) is 0 Å². The van der Waals surface area contributed by atoms with Gasteiger partial charge in [-0.15, -0.1) is 0 Å². The van der Waals surface area contributed by atoms with E-state index >= 15 is 0 Å². The fourth-order valence-corrected chi connectivity index (χ4v) is 1.39. The van der Waals surface area contributed by atoms with Crippen LogP contribution in [0.5, 0.6) is 0 Å². The third-order valence-electron chi connectivity index (χ3n) is 1.98. The van der Waals surface area contributed by atoms with Crippen molar-refractivity contribution in [3.8, 4) is 0 Å². The van der Waals surface area contributed by atoms with Gasteiger partial charge in [0.1, 0.15) is 5.82 Å². The lowest BCUT2D eigenvalue weighted by Crippen LogP contribution is -2.28. The molecule has 0 aliphatic rings. The standard InChI is InChI=1S/C10H16BrN3/c1-13(2)6-7-14(3)10-8-9(11)4-5-12-10/h4-5,8H,6-7H2,1-3H3. The van der Waals surface area contributed by atoms with Crippen molar-refractivity contribution in [3.63, 3.8) is 0 Å². The number of aromatic nitrogens is 1. The highest BCUT2D eigenvalue weighted by Gasteiger charge is 2.02. The lowest BCUT2D eigenvalue weighted by atomic mass is 10.4. The molecule has 0 aromatic carbocycles. The number of anilines is 1. The molecule has 0 unspecified atom stereocenters. The van der Waals surface area contributed by atoms with Crippen molar-refractivity contribution in [2.24, 2.45) is 0 Å². The van der Waals surface area contributed by atoms with Gasteiger partial charge in [0.2, 0.25) is 0 Å². The monoisotopic (exact) mass is 257 g/mol. The first-order chi connectivity index (χ1) is 6.59. The Kier molecular flexibility index (Phi) is 4.35. The first-order valence-electron chi connectivity index (χ1n) is 4.57. The Morgan fingerprint density at radius 2 is 2.00 bits per heavy atom. The molecule has 0 bridgehead atoms. The summed E-state index contributed by atoms with van der Waals surface area (Å²) in [6.45, 7) is 2.02. The van der Waals surface area contributed by atoms with Crippen LogP contribution in [-0.4, -0.2) is 44.1 Å². The predicted molar refractivity (Wildman–Crippen MR) is 63.8 cm³/mol. The van der Waals surface area contributed by atoms with Gasteiger partial charge in [0.25, 0.3) is 0 Å². The molecule has 0 fully saturated rings. The lowest BCUT2D eigenvalue weighted by Gasteiger charge is -2.20. The molecule has 1 heterocycles. The minimum Gasteiger partial charge on any atom is -0.358 e.